The van der Waals surface area contributed by atoms with Gasteiger partial charge in [-0.05, 0) is 103 Å². The second-order valence-electron chi connectivity index (χ2n) is 14.1. The van der Waals surface area contributed by atoms with Crippen molar-refractivity contribution in [3.05, 3.63) is 183 Å². The number of thioether (sulfide) groups is 1. The van der Waals surface area contributed by atoms with E-state index in [0.29, 0.717) is 44.6 Å². The standard InChI is InChI=1S/C49H45N3O6S2/c1-2-57-49(56)43-40-24-13-6-14-25-42(40)60-48(43)52-47(55)44(35-18-9-4-10-19-35)59-39-23-15-22-37(31-39)50-46(54)41(51-45(53)36-20-11-5-12-21-36)30-33-26-28-38(29-27-33)58-32-34-16-7-3-8-17-34/h3-5,7-12,15-23,26-31,44H,2,6,13-14,24-25,32H2,1H3,(H,50,54)(H,51,53)(H,52,55)/b41-30+. The van der Waals surface area contributed by atoms with E-state index < -0.39 is 23.0 Å². The summed E-state index contributed by atoms with van der Waals surface area (Å²) in [5, 5.41) is 8.67. The molecular weight excluding hydrogens is 791 g/mol. The quantitative estimate of drug-likeness (QED) is 0.0407. The SMILES string of the molecule is CCOC(=O)c1c(NC(=O)C(Sc2cccc(NC(=O)/C(=C\c3ccc(OCc4ccccc4)cc3)NC(=O)c3ccccc3)c2)c2ccccc2)sc2c1CCCCC2. The number of anilines is 2. The van der Waals surface area contributed by atoms with Gasteiger partial charge in [0, 0.05) is 21.0 Å². The van der Waals surface area contributed by atoms with E-state index in [-0.39, 0.29) is 18.2 Å². The lowest BCUT2D eigenvalue weighted by molar-refractivity contribution is -0.116. The fraction of sp³-hybridized carbons (Fsp3) is 0.184. The van der Waals surface area contributed by atoms with Gasteiger partial charge in [0.05, 0.1) is 12.2 Å². The Hall–Kier alpha value is -6.43. The predicted molar refractivity (Wildman–Crippen MR) is 239 cm³/mol. The Morgan fingerprint density at radius 3 is 2.20 bits per heavy atom. The number of hydrogen-bond acceptors (Lipinski definition) is 8. The maximum atomic E-state index is 14.3. The number of thiophene rings is 1. The van der Waals surface area contributed by atoms with Gasteiger partial charge in [0.15, 0.2) is 0 Å². The third-order valence-electron chi connectivity index (χ3n) is 9.79. The van der Waals surface area contributed by atoms with Gasteiger partial charge in [0.25, 0.3) is 11.8 Å². The number of carbonyl (C=O) groups is 4. The molecule has 1 atom stereocenters. The van der Waals surface area contributed by atoms with Crippen molar-refractivity contribution in [1.82, 2.24) is 5.32 Å². The number of hydrogen-bond donors (Lipinski definition) is 3. The summed E-state index contributed by atoms with van der Waals surface area (Å²) in [7, 11) is 0. The van der Waals surface area contributed by atoms with E-state index in [4.69, 9.17) is 9.47 Å². The van der Waals surface area contributed by atoms with E-state index in [2.05, 4.69) is 16.0 Å². The molecule has 0 spiro atoms. The molecule has 5 aromatic carbocycles. The van der Waals surface area contributed by atoms with Crippen LogP contribution in [0.2, 0.25) is 0 Å². The minimum atomic E-state index is -0.700. The van der Waals surface area contributed by atoms with Crippen molar-refractivity contribution in [2.45, 2.75) is 55.8 Å². The fourth-order valence-corrected chi connectivity index (χ4v) is 9.18. The summed E-state index contributed by atoms with van der Waals surface area (Å²) >= 11 is 2.79. The van der Waals surface area contributed by atoms with Crippen molar-refractivity contribution < 1.29 is 28.7 Å². The molecule has 60 heavy (non-hydrogen) atoms. The van der Waals surface area contributed by atoms with Crippen LogP contribution in [0.25, 0.3) is 6.08 Å². The summed E-state index contributed by atoms with van der Waals surface area (Å²) in [4.78, 5) is 56.7. The molecule has 1 aliphatic carbocycles. The maximum absolute atomic E-state index is 14.3. The van der Waals surface area contributed by atoms with Gasteiger partial charge < -0.3 is 25.4 Å². The number of esters is 1. The molecule has 304 valence electrons. The predicted octanol–water partition coefficient (Wildman–Crippen LogP) is 10.7. The van der Waals surface area contributed by atoms with Crippen LogP contribution in [0.5, 0.6) is 5.75 Å². The number of amides is 3. The first kappa shape index (κ1) is 41.7. The van der Waals surface area contributed by atoms with Crippen molar-refractivity contribution >= 4 is 63.6 Å². The average molecular weight is 836 g/mol. The molecule has 0 saturated heterocycles. The van der Waals surface area contributed by atoms with Gasteiger partial charge in [-0.3, -0.25) is 14.4 Å². The van der Waals surface area contributed by atoms with Gasteiger partial charge in [0.1, 0.15) is 28.3 Å². The maximum Gasteiger partial charge on any atom is 0.341 e. The summed E-state index contributed by atoms with van der Waals surface area (Å²) in [6, 6.07) is 42.5. The number of carbonyl (C=O) groups excluding carboxylic acids is 4. The summed E-state index contributed by atoms with van der Waals surface area (Å²) < 4.78 is 11.4. The van der Waals surface area contributed by atoms with Crippen LogP contribution in [0.1, 0.15) is 79.3 Å². The monoisotopic (exact) mass is 835 g/mol. The first-order chi connectivity index (χ1) is 29.3. The normalized spacial score (nSPS) is 12.9. The number of fused-ring (bicyclic) bond motifs is 1. The van der Waals surface area contributed by atoms with Gasteiger partial charge in [-0.2, -0.15) is 0 Å². The van der Waals surface area contributed by atoms with Crippen LogP contribution >= 0.6 is 23.1 Å². The zero-order chi connectivity index (χ0) is 41.7. The highest BCUT2D eigenvalue weighted by Crippen LogP contribution is 2.41. The highest BCUT2D eigenvalue weighted by atomic mass is 32.2. The van der Waals surface area contributed by atoms with Crippen molar-refractivity contribution in [3.63, 3.8) is 0 Å². The number of nitrogens with one attached hydrogen (secondary N) is 3. The zero-order valence-corrected chi connectivity index (χ0v) is 34.8. The Balaban J connectivity index is 1.11. The molecule has 1 heterocycles. The molecule has 0 saturated carbocycles. The van der Waals surface area contributed by atoms with E-state index in [1.165, 1.54) is 23.1 Å². The van der Waals surface area contributed by atoms with Crippen molar-refractivity contribution in [1.29, 1.82) is 0 Å². The molecule has 6 aromatic rings. The van der Waals surface area contributed by atoms with Crippen LogP contribution in [-0.4, -0.2) is 30.3 Å². The van der Waals surface area contributed by atoms with Crippen molar-refractivity contribution in [3.8, 4) is 5.75 Å². The largest absolute Gasteiger partial charge is 0.489 e. The lowest BCUT2D eigenvalue weighted by Crippen LogP contribution is -2.30. The van der Waals surface area contributed by atoms with Crippen molar-refractivity contribution in [2.24, 2.45) is 0 Å². The molecule has 7 rings (SSSR count). The first-order valence-corrected chi connectivity index (χ1v) is 21.6. The third kappa shape index (κ3) is 11.0. The van der Waals surface area contributed by atoms with Crippen LogP contribution in [-0.2, 0) is 33.8 Å². The smallest absolute Gasteiger partial charge is 0.341 e. The molecule has 11 heteroatoms. The van der Waals surface area contributed by atoms with E-state index in [9.17, 15) is 19.2 Å². The van der Waals surface area contributed by atoms with E-state index in [1.54, 1.807) is 55.5 Å². The molecule has 1 aromatic heterocycles. The highest BCUT2D eigenvalue weighted by molar-refractivity contribution is 8.00. The number of aryl methyl sites for hydroxylation is 1. The zero-order valence-electron chi connectivity index (χ0n) is 33.1. The fourth-order valence-electron chi connectivity index (χ4n) is 6.82. The van der Waals surface area contributed by atoms with Gasteiger partial charge in [-0.25, -0.2) is 4.79 Å². The number of ether oxygens (including phenoxy) is 2. The molecule has 0 fully saturated rings. The van der Waals surface area contributed by atoms with Crippen LogP contribution in [0.4, 0.5) is 10.7 Å². The minimum Gasteiger partial charge on any atom is -0.489 e. The summed E-state index contributed by atoms with van der Waals surface area (Å²) in [5.74, 6) is -1.01. The van der Waals surface area contributed by atoms with Crippen LogP contribution in [0.15, 0.2) is 150 Å². The molecule has 0 aliphatic heterocycles. The van der Waals surface area contributed by atoms with Gasteiger partial charge in [-0.1, -0.05) is 103 Å². The summed E-state index contributed by atoms with van der Waals surface area (Å²) in [6.45, 7) is 2.43. The molecular formula is C49H45N3O6S2. The second kappa shape index (κ2) is 20.5. The Morgan fingerprint density at radius 1 is 0.767 bits per heavy atom. The molecule has 0 bridgehead atoms. The van der Waals surface area contributed by atoms with Gasteiger partial charge in [-0.15, -0.1) is 23.1 Å². The topological polar surface area (TPSA) is 123 Å². The number of rotatable bonds is 15. The molecule has 3 amide bonds. The Morgan fingerprint density at radius 2 is 1.47 bits per heavy atom. The average Bonchev–Trinajstić information content (AvgIpc) is 3.45. The van der Waals surface area contributed by atoms with Crippen molar-refractivity contribution in [2.75, 3.05) is 17.2 Å². The molecule has 0 radical (unpaired) electrons. The van der Waals surface area contributed by atoms with Crippen LogP contribution in [0, 0.1) is 0 Å². The molecule has 9 nitrogen and oxygen atoms in total. The Bertz CT molecular complexity index is 2450. The lowest BCUT2D eigenvalue weighted by Gasteiger charge is -2.18. The summed E-state index contributed by atoms with van der Waals surface area (Å²) in [6.07, 6.45) is 6.35. The van der Waals surface area contributed by atoms with Gasteiger partial charge >= 0.3 is 5.97 Å². The first-order valence-electron chi connectivity index (χ1n) is 19.9. The van der Waals surface area contributed by atoms with E-state index in [1.807, 2.05) is 97.1 Å². The van der Waals surface area contributed by atoms with E-state index >= 15 is 0 Å². The van der Waals surface area contributed by atoms with Crippen LogP contribution in [0.3, 0.4) is 0 Å². The lowest BCUT2D eigenvalue weighted by atomic mass is 10.1. The van der Waals surface area contributed by atoms with Crippen LogP contribution < -0.4 is 20.7 Å². The molecule has 1 unspecified atom stereocenters. The Kier molecular flexibility index (Phi) is 14.3. The second-order valence-corrected chi connectivity index (χ2v) is 16.4. The summed E-state index contributed by atoms with van der Waals surface area (Å²) in [5.41, 5.74) is 4.84. The minimum absolute atomic E-state index is 0.0353. The highest BCUT2D eigenvalue weighted by Gasteiger charge is 2.30. The number of benzene rings is 5. The van der Waals surface area contributed by atoms with E-state index in [0.717, 1.165) is 53.7 Å². The Labute approximate surface area is 358 Å². The molecule has 1 aliphatic rings. The van der Waals surface area contributed by atoms with Gasteiger partial charge in [0.2, 0.25) is 5.91 Å². The molecule has 3 N–H and O–H groups in total. The third-order valence-corrected chi connectivity index (χ3v) is 12.2.